The number of pyridine rings is 1. The normalized spacial score (nSPS) is 29.7. The van der Waals surface area contributed by atoms with Gasteiger partial charge in [0, 0.05) is 35.8 Å². The molecule has 0 bridgehead atoms. The number of anilines is 1. The van der Waals surface area contributed by atoms with Gasteiger partial charge >= 0.3 is 0 Å². The van der Waals surface area contributed by atoms with Crippen LogP contribution in [0.25, 0.3) is 0 Å². The van der Waals surface area contributed by atoms with Crippen LogP contribution >= 0.6 is 27.5 Å². The van der Waals surface area contributed by atoms with E-state index < -0.39 is 0 Å². The molecular formula is C13H17BrClN3. The van der Waals surface area contributed by atoms with Crippen LogP contribution in [-0.2, 0) is 0 Å². The largest absolute Gasteiger partial charge is 0.350 e. The third-order valence-electron chi connectivity index (χ3n) is 4.40. The van der Waals surface area contributed by atoms with Crippen molar-refractivity contribution in [2.75, 3.05) is 24.5 Å². The molecule has 18 heavy (non-hydrogen) atoms. The van der Waals surface area contributed by atoms with Crippen LogP contribution in [0.1, 0.15) is 13.8 Å². The van der Waals surface area contributed by atoms with E-state index in [4.69, 9.17) is 11.6 Å². The standard InChI is InChI=1S/C13H17BrClN3/c1-13(2)10-6-16-4-8(10)7-18(13)12-11(15)3-9(14)5-17-12/h3,5,8,10,16H,4,6-7H2,1-2H3. The van der Waals surface area contributed by atoms with Gasteiger partial charge in [0.2, 0.25) is 0 Å². The Bertz CT molecular complexity index is 477. The van der Waals surface area contributed by atoms with Gasteiger partial charge in [0.05, 0.1) is 5.02 Å². The van der Waals surface area contributed by atoms with Crippen LogP contribution in [0.5, 0.6) is 0 Å². The molecule has 2 saturated heterocycles. The number of aromatic nitrogens is 1. The molecule has 2 aliphatic heterocycles. The Hall–Kier alpha value is -0.320. The van der Waals surface area contributed by atoms with E-state index in [1.165, 1.54) is 0 Å². The van der Waals surface area contributed by atoms with Gasteiger partial charge in [-0.1, -0.05) is 11.6 Å². The average molecular weight is 331 g/mol. The topological polar surface area (TPSA) is 28.2 Å². The fraction of sp³-hybridized carbons (Fsp3) is 0.615. The van der Waals surface area contributed by atoms with Crippen molar-refractivity contribution in [3.8, 4) is 0 Å². The van der Waals surface area contributed by atoms with E-state index in [0.717, 1.165) is 34.9 Å². The van der Waals surface area contributed by atoms with Crippen molar-refractivity contribution in [1.82, 2.24) is 10.3 Å². The fourth-order valence-electron chi connectivity index (χ4n) is 3.39. The molecule has 5 heteroatoms. The molecule has 3 heterocycles. The highest BCUT2D eigenvalue weighted by Gasteiger charge is 2.50. The Kier molecular flexibility index (Phi) is 3.07. The molecule has 2 unspecified atom stereocenters. The Labute approximate surface area is 121 Å². The SMILES string of the molecule is CC1(C)C2CNCC2CN1c1ncc(Br)cc1Cl. The van der Waals surface area contributed by atoms with Crippen LogP contribution < -0.4 is 10.2 Å². The second-order valence-corrected chi connectivity index (χ2v) is 7.07. The van der Waals surface area contributed by atoms with E-state index >= 15 is 0 Å². The van der Waals surface area contributed by atoms with Crippen LogP contribution in [0.2, 0.25) is 5.02 Å². The average Bonchev–Trinajstić information content (AvgIpc) is 2.82. The van der Waals surface area contributed by atoms with Crippen molar-refractivity contribution in [3.05, 3.63) is 21.8 Å². The van der Waals surface area contributed by atoms with E-state index in [1.807, 2.05) is 12.3 Å². The molecular weight excluding hydrogens is 314 g/mol. The molecule has 1 N–H and O–H groups in total. The summed E-state index contributed by atoms with van der Waals surface area (Å²) >= 11 is 9.75. The molecule has 2 aliphatic rings. The summed E-state index contributed by atoms with van der Waals surface area (Å²) < 4.78 is 0.926. The Morgan fingerprint density at radius 3 is 2.94 bits per heavy atom. The molecule has 0 spiro atoms. The van der Waals surface area contributed by atoms with Crippen LogP contribution in [0.15, 0.2) is 16.7 Å². The van der Waals surface area contributed by atoms with Crippen molar-refractivity contribution in [3.63, 3.8) is 0 Å². The maximum absolute atomic E-state index is 6.34. The number of hydrogen-bond donors (Lipinski definition) is 1. The molecule has 3 nitrogen and oxygen atoms in total. The second-order valence-electron chi connectivity index (χ2n) is 5.75. The molecule has 2 atom stereocenters. The van der Waals surface area contributed by atoms with Crippen LogP contribution in [-0.4, -0.2) is 30.2 Å². The molecule has 1 aromatic rings. The number of hydrogen-bond acceptors (Lipinski definition) is 3. The van der Waals surface area contributed by atoms with Crippen molar-refractivity contribution in [2.45, 2.75) is 19.4 Å². The van der Waals surface area contributed by atoms with Gasteiger partial charge in [0.1, 0.15) is 5.82 Å². The Balaban J connectivity index is 1.97. The first-order valence-electron chi connectivity index (χ1n) is 6.29. The highest BCUT2D eigenvalue weighted by Crippen LogP contribution is 2.44. The smallest absolute Gasteiger partial charge is 0.147 e. The maximum atomic E-state index is 6.34. The Morgan fingerprint density at radius 2 is 2.28 bits per heavy atom. The van der Waals surface area contributed by atoms with E-state index in [2.05, 4.69) is 45.0 Å². The van der Waals surface area contributed by atoms with E-state index in [1.54, 1.807) is 0 Å². The summed E-state index contributed by atoms with van der Waals surface area (Å²) in [5.74, 6) is 2.31. The van der Waals surface area contributed by atoms with Gasteiger partial charge in [-0.3, -0.25) is 0 Å². The van der Waals surface area contributed by atoms with Gasteiger partial charge in [-0.15, -0.1) is 0 Å². The molecule has 3 rings (SSSR count). The van der Waals surface area contributed by atoms with E-state index in [-0.39, 0.29) is 5.54 Å². The summed E-state index contributed by atoms with van der Waals surface area (Å²) in [5, 5.41) is 4.22. The molecule has 98 valence electrons. The summed E-state index contributed by atoms with van der Waals surface area (Å²) in [6.45, 7) is 7.84. The zero-order valence-corrected chi connectivity index (χ0v) is 12.9. The van der Waals surface area contributed by atoms with Crippen molar-refractivity contribution < 1.29 is 0 Å². The van der Waals surface area contributed by atoms with Gasteiger partial charge in [-0.25, -0.2) is 4.98 Å². The fourth-order valence-corrected chi connectivity index (χ4v) is 4.12. The summed E-state index contributed by atoms with van der Waals surface area (Å²) in [6.07, 6.45) is 1.82. The van der Waals surface area contributed by atoms with Gasteiger partial charge in [0.15, 0.2) is 0 Å². The minimum Gasteiger partial charge on any atom is -0.350 e. The first-order chi connectivity index (χ1) is 8.50. The zero-order valence-electron chi connectivity index (χ0n) is 10.6. The summed E-state index contributed by atoms with van der Waals surface area (Å²) in [6, 6.07) is 1.92. The van der Waals surface area contributed by atoms with E-state index in [9.17, 15) is 0 Å². The number of fused-ring (bicyclic) bond motifs is 1. The van der Waals surface area contributed by atoms with Crippen molar-refractivity contribution in [1.29, 1.82) is 0 Å². The van der Waals surface area contributed by atoms with Gasteiger partial charge in [-0.2, -0.15) is 0 Å². The predicted octanol–water partition coefficient (Wildman–Crippen LogP) is 2.93. The molecule has 0 amide bonds. The lowest BCUT2D eigenvalue weighted by Crippen LogP contribution is -2.45. The Morgan fingerprint density at radius 1 is 1.50 bits per heavy atom. The van der Waals surface area contributed by atoms with Gasteiger partial charge in [-0.05, 0) is 47.7 Å². The number of rotatable bonds is 1. The minimum absolute atomic E-state index is 0.110. The third kappa shape index (κ3) is 1.86. The summed E-state index contributed by atoms with van der Waals surface area (Å²) in [5.41, 5.74) is 0.110. The molecule has 0 radical (unpaired) electrons. The monoisotopic (exact) mass is 329 g/mol. The van der Waals surface area contributed by atoms with Gasteiger partial charge < -0.3 is 10.2 Å². The molecule has 1 aromatic heterocycles. The number of nitrogens with zero attached hydrogens (tertiary/aromatic N) is 2. The third-order valence-corrected chi connectivity index (χ3v) is 5.12. The lowest BCUT2D eigenvalue weighted by molar-refractivity contribution is 0.356. The van der Waals surface area contributed by atoms with Gasteiger partial charge in [0.25, 0.3) is 0 Å². The zero-order chi connectivity index (χ0) is 12.9. The molecule has 0 saturated carbocycles. The number of nitrogens with one attached hydrogen (secondary N) is 1. The number of halogens is 2. The van der Waals surface area contributed by atoms with Crippen LogP contribution in [0.4, 0.5) is 5.82 Å². The highest BCUT2D eigenvalue weighted by molar-refractivity contribution is 9.10. The predicted molar refractivity (Wildman–Crippen MR) is 78.2 cm³/mol. The summed E-state index contributed by atoms with van der Waals surface area (Å²) in [7, 11) is 0. The first kappa shape index (κ1) is 12.7. The summed E-state index contributed by atoms with van der Waals surface area (Å²) in [4.78, 5) is 6.88. The van der Waals surface area contributed by atoms with Crippen molar-refractivity contribution in [2.24, 2.45) is 11.8 Å². The molecule has 0 aromatic carbocycles. The van der Waals surface area contributed by atoms with Crippen LogP contribution in [0.3, 0.4) is 0 Å². The first-order valence-corrected chi connectivity index (χ1v) is 7.46. The molecule has 0 aliphatic carbocycles. The van der Waals surface area contributed by atoms with E-state index in [0.29, 0.717) is 11.8 Å². The van der Waals surface area contributed by atoms with Crippen LogP contribution in [0, 0.1) is 11.8 Å². The maximum Gasteiger partial charge on any atom is 0.147 e. The quantitative estimate of drug-likeness (QED) is 0.858. The second kappa shape index (κ2) is 4.36. The minimum atomic E-state index is 0.110. The lowest BCUT2D eigenvalue weighted by atomic mass is 9.85. The lowest BCUT2D eigenvalue weighted by Gasteiger charge is -2.36. The highest BCUT2D eigenvalue weighted by atomic mass is 79.9. The van der Waals surface area contributed by atoms with Crippen molar-refractivity contribution >= 4 is 33.3 Å². The molecule has 2 fully saturated rings.